The van der Waals surface area contributed by atoms with Crippen molar-refractivity contribution < 1.29 is 4.74 Å². The highest BCUT2D eigenvalue weighted by molar-refractivity contribution is 5.37. The summed E-state index contributed by atoms with van der Waals surface area (Å²) in [5.74, 6) is 0.953. The summed E-state index contributed by atoms with van der Waals surface area (Å²) in [7, 11) is 5.94. The molecule has 0 saturated heterocycles. The molecule has 1 aromatic rings. The summed E-state index contributed by atoms with van der Waals surface area (Å²) in [6.07, 6.45) is 0. The summed E-state index contributed by atoms with van der Waals surface area (Å²) in [6, 6.07) is 6.81. The molecule has 0 bridgehead atoms. The maximum atomic E-state index is 5.29. The van der Waals surface area contributed by atoms with Gasteiger partial charge in [0, 0.05) is 12.6 Å². The Hall–Kier alpha value is -1.06. The minimum Gasteiger partial charge on any atom is -0.496 e. The lowest BCUT2D eigenvalue weighted by molar-refractivity contribution is 0.290. The van der Waals surface area contributed by atoms with Crippen LogP contribution in [-0.4, -0.2) is 39.2 Å². The molecule has 1 atom stereocenters. The van der Waals surface area contributed by atoms with Crippen molar-refractivity contribution in [3.8, 4) is 5.75 Å². The Morgan fingerprint density at radius 2 is 2.06 bits per heavy atom. The zero-order valence-corrected chi connectivity index (χ0v) is 11.6. The molecule has 1 N–H and O–H groups in total. The second-order valence-corrected chi connectivity index (χ2v) is 4.52. The number of aryl methyl sites for hydroxylation is 1. The number of methoxy groups -OCH3 is 1. The lowest BCUT2D eigenvalue weighted by Gasteiger charge is -2.25. The molecular formula is C14H24N2O. The number of likely N-dealkylation sites (N-methyl/N-ethyl adjacent to an activating group) is 2. The molecule has 1 unspecified atom stereocenters. The molecule has 0 aliphatic carbocycles. The Bertz CT molecular complexity index is 350. The van der Waals surface area contributed by atoms with Gasteiger partial charge in [-0.3, -0.25) is 0 Å². The number of rotatable bonds is 6. The third-order valence-electron chi connectivity index (χ3n) is 3.01. The fourth-order valence-corrected chi connectivity index (χ4v) is 1.99. The van der Waals surface area contributed by atoms with Gasteiger partial charge < -0.3 is 15.0 Å². The number of hydrogen-bond acceptors (Lipinski definition) is 3. The molecule has 0 radical (unpaired) electrons. The van der Waals surface area contributed by atoms with Gasteiger partial charge in [0.25, 0.3) is 0 Å². The third kappa shape index (κ3) is 3.72. The average molecular weight is 236 g/mol. The first-order chi connectivity index (χ1) is 8.10. The van der Waals surface area contributed by atoms with E-state index in [2.05, 4.69) is 50.3 Å². The van der Waals surface area contributed by atoms with Crippen LogP contribution < -0.4 is 10.1 Å². The number of hydrogen-bond donors (Lipinski definition) is 1. The Labute approximate surface area is 105 Å². The van der Waals surface area contributed by atoms with E-state index in [-0.39, 0.29) is 0 Å². The van der Waals surface area contributed by atoms with Crippen LogP contribution in [0.1, 0.15) is 24.1 Å². The lowest BCUT2D eigenvalue weighted by Crippen LogP contribution is -2.30. The van der Waals surface area contributed by atoms with E-state index >= 15 is 0 Å². The van der Waals surface area contributed by atoms with Crippen LogP contribution in [0.25, 0.3) is 0 Å². The molecule has 1 rings (SSSR count). The van der Waals surface area contributed by atoms with E-state index in [4.69, 9.17) is 4.74 Å². The van der Waals surface area contributed by atoms with Crippen molar-refractivity contribution in [3.63, 3.8) is 0 Å². The van der Waals surface area contributed by atoms with Gasteiger partial charge >= 0.3 is 0 Å². The summed E-state index contributed by atoms with van der Waals surface area (Å²) < 4.78 is 5.29. The van der Waals surface area contributed by atoms with E-state index in [1.54, 1.807) is 7.11 Å². The summed E-state index contributed by atoms with van der Waals surface area (Å²) in [6.45, 7) is 6.18. The molecule has 0 fully saturated rings. The Morgan fingerprint density at radius 1 is 1.35 bits per heavy atom. The van der Waals surface area contributed by atoms with Gasteiger partial charge in [-0.1, -0.05) is 19.1 Å². The SMILES string of the molecule is CCNCC(c1ccc(OC)c(C)c1)N(C)C. The minimum absolute atomic E-state index is 0.402. The molecule has 17 heavy (non-hydrogen) atoms. The van der Waals surface area contributed by atoms with Gasteiger partial charge in [0.05, 0.1) is 7.11 Å². The van der Waals surface area contributed by atoms with E-state index in [0.29, 0.717) is 6.04 Å². The monoisotopic (exact) mass is 236 g/mol. The fourth-order valence-electron chi connectivity index (χ4n) is 1.99. The zero-order valence-electron chi connectivity index (χ0n) is 11.6. The first-order valence-electron chi connectivity index (χ1n) is 6.11. The van der Waals surface area contributed by atoms with E-state index in [1.165, 1.54) is 11.1 Å². The molecule has 3 nitrogen and oxygen atoms in total. The van der Waals surface area contributed by atoms with Crippen LogP contribution in [0.4, 0.5) is 0 Å². The summed E-state index contributed by atoms with van der Waals surface area (Å²) in [5.41, 5.74) is 2.52. The summed E-state index contributed by atoms with van der Waals surface area (Å²) in [5, 5.41) is 3.40. The Balaban J connectivity index is 2.90. The van der Waals surface area contributed by atoms with Crippen molar-refractivity contribution in [1.29, 1.82) is 0 Å². The van der Waals surface area contributed by atoms with Crippen molar-refractivity contribution in [1.82, 2.24) is 10.2 Å². The van der Waals surface area contributed by atoms with Gasteiger partial charge in [-0.25, -0.2) is 0 Å². The zero-order chi connectivity index (χ0) is 12.8. The standard InChI is InChI=1S/C14H24N2O/c1-6-15-10-13(16(3)4)12-7-8-14(17-5)11(2)9-12/h7-9,13,15H,6,10H2,1-5H3. The van der Waals surface area contributed by atoms with Gasteiger partial charge in [-0.15, -0.1) is 0 Å². The molecule has 0 amide bonds. The van der Waals surface area contributed by atoms with Crippen molar-refractivity contribution in [2.75, 3.05) is 34.3 Å². The van der Waals surface area contributed by atoms with Gasteiger partial charge in [0.1, 0.15) is 5.75 Å². The van der Waals surface area contributed by atoms with Crippen LogP contribution in [0, 0.1) is 6.92 Å². The highest BCUT2D eigenvalue weighted by Crippen LogP contribution is 2.24. The predicted molar refractivity (Wildman–Crippen MR) is 72.7 cm³/mol. The Kier molecular flexibility index (Phi) is 5.45. The average Bonchev–Trinajstić information content (AvgIpc) is 2.29. The third-order valence-corrected chi connectivity index (χ3v) is 3.01. The molecule has 0 aliphatic rings. The first-order valence-corrected chi connectivity index (χ1v) is 6.11. The molecule has 0 aromatic heterocycles. The second kappa shape index (κ2) is 6.62. The van der Waals surface area contributed by atoms with E-state index in [1.807, 2.05) is 6.07 Å². The summed E-state index contributed by atoms with van der Waals surface area (Å²) >= 11 is 0. The van der Waals surface area contributed by atoms with Crippen LogP contribution in [0.5, 0.6) is 5.75 Å². The maximum Gasteiger partial charge on any atom is 0.121 e. The van der Waals surface area contributed by atoms with Gasteiger partial charge in [-0.2, -0.15) is 0 Å². The van der Waals surface area contributed by atoms with Crippen molar-refractivity contribution in [3.05, 3.63) is 29.3 Å². The number of benzene rings is 1. The highest BCUT2D eigenvalue weighted by atomic mass is 16.5. The molecule has 96 valence electrons. The lowest BCUT2D eigenvalue weighted by atomic mass is 10.0. The van der Waals surface area contributed by atoms with Crippen LogP contribution in [-0.2, 0) is 0 Å². The quantitative estimate of drug-likeness (QED) is 0.819. The van der Waals surface area contributed by atoms with Gasteiger partial charge in [0.15, 0.2) is 0 Å². The van der Waals surface area contributed by atoms with Crippen LogP contribution in [0.2, 0.25) is 0 Å². The largest absolute Gasteiger partial charge is 0.496 e. The number of nitrogens with zero attached hydrogens (tertiary/aromatic N) is 1. The van der Waals surface area contributed by atoms with Gasteiger partial charge in [-0.05, 0) is 44.8 Å². The molecule has 0 saturated carbocycles. The normalized spacial score (nSPS) is 12.8. The van der Waals surface area contributed by atoms with Crippen molar-refractivity contribution in [2.24, 2.45) is 0 Å². The second-order valence-electron chi connectivity index (χ2n) is 4.52. The molecule has 0 heterocycles. The van der Waals surface area contributed by atoms with Gasteiger partial charge in [0.2, 0.25) is 0 Å². The molecule has 3 heteroatoms. The fraction of sp³-hybridized carbons (Fsp3) is 0.571. The number of ether oxygens (including phenoxy) is 1. The van der Waals surface area contributed by atoms with Crippen LogP contribution in [0.15, 0.2) is 18.2 Å². The topological polar surface area (TPSA) is 24.5 Å². The molecule has 0 spiro atoms. The molecule has 1 aromatic carbocycles. The predicted octanol–water partition coefficient (Wildman–Crippen LogP) is 2.22. The number of nitrogens with one attached hydrogen (secondary N) is 1. The van der Waals surface area contributed by atoms with Crippen molar-refractivity contribution in [2.45, 2.75) is 19.9 Å². The van der Waals surface area contributed by atoms with Crippen LogP contribution >= 0.6 is 0 Å². The molecular weight excluding hydrogens is 212 g/mol. The minimum atomic E-state index is 0.402. The summed E-state index contributed by atoms with van der Waals surface area (Å²) in [4.78, 5) is 2.24. The van der Waals surface area contributed by atoms with Crippen LogP contribution in [0.3, 0.4) is 0 Å². The van der Waals surface area contributed by atoms with Crippen molar-refractivity contribution >= 4 is 0 Å². The van der Waals surface area contributed by atoms with E-state index < -0.39 is 0 Å². The Morgan fingerprint density at radius 3 is 2.53 bits per heavy atom. The highest BCUT2D eigenvalue weighted by Gasteiger charge is 2.14. The van der Waals surface area contributed by atoms with E-state index in [0.717, 1.165) is 18.8 Å². The smallest absolute Gasteiger partial charge is 0.121 e. The first kappa shape index (κ1) is 14.0. The molecule has 0 aliphatic heterocycles. The van der Waals surface area contributed by atoms with E-state index in [9.17, 15) is 0 Å². The maximum absolute atomic E-state index is 5.29.